The van der Waals surface area contributed by atoms with Gasteiger partial charge in [0.1, 0.15) is 5.82 Å². The summed E-state index contributed by atoms with van der Waals surface area (Å²) in [5, 5.41) is 12.2. The number of nitrogens with zero attached hydrogens (tertiary/aromatic N) is 3. The number of rotatable bonds is 2. The smallest absolute Gasteiger partial charge is 0.280 e. The summed E-state index contributed by atoms with van der Waals surface area (Å²) in [6, 6.07) is 0. The monoisotopic (exact) mass is 241 g/mol. The standard InChI is InChI=1S/C10H15N3O2S/c1-10(2)6-9(13(14)15-10)16-7-8-11-4-5-12(8)3/h4-5H,6-7H2,1-3H3. The van der Waals surface area contributed by atoms with Crippen LogP contribution in [0, 0.1) is 5.21 Å². The van der Waals surface area contributed by atoms with Gasteiger partial charge in [-0.3, -0.25) is 5.21 Å². The van der Waals surface area contributed by atoms with Crippen molar-refractivity contribution in [3.63, 3.8) is 0 Å². The van der Waals surface area contributed by atoms with Crippen molar-refractivity contribution in [2.24, 2.45) is 7.05 Å². The number of thioether (sulfide) groups is 1. The van der Waals surface area contributed by atoms with E-state index in [9.17, 15) is 5.21 Å². The van der Waals surface area contributed by atoms with Gasteiger partial charge in [0.2, 0.25) is 0 Å². The maximum Gasteiger partial charge on any atom is 0.280 e. The Morgan fingerprint density at radius 1 is 1.69 bits per heavy atom. The summed E-state index contributed by atoms with van der Waals surface area (Å²) in [6.07, 6.45) is 4.31. The Bertz CT molecular complexity index is 425. The SMILES string of the molecule is Cn1ccnc1CSC1=[N+]([O-])OC(C)(C)C1. The van der Waals surface area contributed by atoms with Crippen molar-refractivity contribution in [2.45, 2.75) is 31.6 Å². The molecule has 0 spiro atoms. The minimum atomic E-state index is -0.383. The molecule has 6 heteroatoms. The molecule has 1 aliphatic rings. The summed E-state index contributed by atoms with van der Waals surface area (Å²) < 4.78 is 1.95. The van der Waals surface area contributed by atoms with Crippen LogP contribution < -0.4 is 0 Å². The first-order valence-electron chi connectivity index (χ1n) is 5.09. The molecule has 0 aliphatic carbocycles. The van der Waals surface area contributed by atoms with E-state index in [0.717, 1.165) is 5.82 Å². The number of hydrogen-bond acceptors (Lipinski definition) is 4. The van der Waals surface area contributed by atoms with Crippen molar-refractivity contribution in [1.29, 1.82) is 0 Å². The molecule has 5 nitrogen and oxygen atoms in total. The lowest BCUT2D eigenvalue weighted by Gasteiger charge is -2.16. The fourth-order valence-corrected chi connectivity index (χ4v) is 2.69. The Balaban J connectivity index is 1.97. The highest BCUT2D eigenvalue weighted by Crippen LogP contribution is 2.28. The first kappa shape index (κ1) is 11.3. The lowest BCUT2D eigenvalue weighted by molar-refractivity contribution is -0.749. The Morgan fingerprint density at radius 2 is 2.44 bits per heavy atom. The highest BCUT2D eigenvalue weighted by molar-refractivity contribution is 8.13. The number of aryl methyl sites for hydroxylation is 1. The quantitative estimate of drug-likeness (QED) is 0.739. The van der Waals surface area contributed by atoms with E-state index in [1.807, 2.05) is 31.7 Å². The second-order valence-electron chi connectivity index (χ2n) is 4.42. The highest BCUT2D eigenvalue weighted by atomic mass is 32.2. The van der Waals surface area contributed by atoms with E-state index in [1.165, 1.54) is 11.8 Å². The summed E-state index contributed by atoms with van der Waals surface area (Å²) in [7, 11) is 1.94. The van der Waals surface area contributed by atoms with Crippen molar-refractivity contribution in [1.82, 2.24) is 9.55 Å². The molecule has 0 fully saturated rings. The predicted molar refractivity (Wildman–Crippen MR) is 62.9 cm³/mol. The average molecular weight is 241 g/mol. The van der Waals surface area contributed by atoms with E-state index >= 15 is 0 Å². The average Bonchev–Trinajstić information content (AvgIpc) is 2.67. The van der Waals surface area contributed by atoms with Gasteiger partial charge in [-0.15, -0.1) is 0 Å². The molecule has 0 N–H and O–H groups in total. The topological polar surface area (TPSA) is 53.1 Å². The van der Waals surface area contributed by atoms with Gasteiger partial charge >= 0.3 is 0 Å². The predicted octanol–water partition coefficient (Wildman–Crippen LogP) is 1.68. The summed E-state index contributed by atoms with van der Waals surface area (Å²) in [5.74, 6) is 1.65. The fraction of sp³-hybridized carbons (Fsp3) is 0.600. The molecule has 0 atom stereocenters. The van der Waals surface area contributed by atoms with Crippen LogP contribution >= 0.6 is 11.8 Å². The number of aromatic nitrogens is 2. The van der Waals surface area contributed by atoms with Gasteiger partial charge in [0, 0.05) is 24.3 Å². The third kappa shape index (κ3) is 2.32. The molecule has 88 valence electrons. The van der Waals surface area contributed by atoms with Crippen LogP contribution in [0.3, 0.4) is 0 Å². The minimum absolute atomic E-state index is 0.383. The van der Waals surface area contributed by atoms with Crippen LogP contribution in [0.4, 0.5) is 0 Å². The largest absolute Gasteiger partial charge is 0.396 e. The van der Waals surface area contributed by atoms with Gasteiger partial charge in [-0.25, -0.2) is 4.98 Å². The van der Waals surface area contributed by atoms with Crippen LogP contribution in [0.5, 0.6) is 0 Å². The van der Waals surface area contributed by atoms with Crippen LogP contribution in [-0.4, -0.2) is 25.1 Å². The maximum absolute atomic E-state index is 11.4. The van der Waals surface area contributed by atoms with E-state index in [2.05, 4.69) is 4.98 Å². The third-order valence-electron chi connectivity index (χ3n) is 2.40. The zero-order chi connectivity index (χ0) is 11.8. The normalized spacial score (nSPS) is 18.9. The van der Waals surface area contributed by atoms with Gasteiger partial charge < -0.3 is 9.40 Å². The highest BCUT2D eigenvalue weighted by Gasteiger charge is 2.34. The molecule has 0 unspecified atom stereocenters. The zero-order valence-corrected chi connectivity index (χ0v) is 10.5. The maximum atomic E-state index is 11.4. The molecular formula is C10H15N3O2S. The first-order chi connectivity index (χ1) is 7.48. The lowest BCUT2D eigenvalue weighted by atomic mass is 10.1. The molecule has 0 bridgehead atoms. The molecule has 1 aliphatic heterocycles. The van der Waals surface area contributed by atoms with Crippen LogP contribution in [0.1, 0.15) is 26.1 Å². The van der Waals surface area contributed by atoms with E-state index in [0.29, 0.717) is 22.1 Å². The molecule has 1 aromatic heterocycles. The Morgan fingerprint density at radius 3 is 2.94 bits per heavy atom. The van der Waals surface area contributed by atoms with E-state index < -0.39 is 0 Å². The van der Waals surface area contributed by atoms with Gasteiger partial charge in [-0.2, -0.15) is 0 Å². The van der Waals surface area contributed by atoms with Crippen LogP contribution in [0.15, 0.2) is 12.4 Å². The second kappa shape index (κ2) is 4.01. The summed E-state index contributed by atoms with van der Waals surface area (Å²) >= 11 is 1.49. The minimum Gasteiger partial charge on any atom is -0.396 e. The Kier molecular flexibility index (Phi) is 2.84. The first-order valence-corrected chi connectivity index (χ1v) is 6.08. The molecule has 0 aromatic carbocycles. The van der Waals surface area contributed by atoms with Gasteiger partial charge in [-0.05, 0) is 25.6 Å². The summed E-state index contributed by atoms with van der Waals surface area (Å²) in [4.78, 5) is 9.99. The van der Waals surface area contributed by atoms with E-state index in [4.69, 9.17) is 4.84 Å². The number of imidazole rings is 1. The molecule has 1 aromatic rings. The molecule has 0 radical (unpaired) electrons. The van der Waals surface area contributed by atoms with Crippen LogP contribution in [-0.2, 0) is 17.6 Å². The van der Waals surface area contributed by atoms with Crippen molar-refractivity contribution in [3.05, 3.63) is 23.4 Å². The van der Waals surface area contributed by atoms with Crippen LogP contribution in [0.25, 0.3) is 0 Å². The van der Waals surface area contributed by atoms with Crippen molar-refractivity contribution in [3.8, 4) is 0 Å². The summed E-state index contributed by atoms with van der Waals surface area (Å²) in [6.45, 7) is 3.82. The molecule has 0 saturated heterocycles. The van der Waals surface area contributed by atoms with Crippen molar-refractivity contribution >= 4 is 16.8 Å². The van der Waals surface area contributed by atoms with Gasteiger partial charge in [0.25, 0.3) is 5.04 Å². The molecule has 0 saturated carbocycles. The Labute approximate surface area is 98.7 Å². The van der Waals surface area contributed by atoms with Crippen molar-refractivity contribution < 1.29 is 9.74 Å². The molecular weight excluding hydrogens is 226 g/mol. The molecule has 16 heavy (non-hydrogen) atoms. The molecule has 0 amide bonds. The van der Waals surface area contributed by atoms with Crippen molar-refractivity contribution in [2.75, 3.05) is 0 Å². The lowest BCUT2D eigenvalue weighted by Crippen LogP contribution is -2.20. The summed E-state index contributed by atoms with van der Waals surface area (Å²) in [5.41, 5.74) is -0.383. The number of hydrogen-bond donors (Lipinski definition) is 0. The van der Waals surface area contributed by atoms with Crippen LogP contribution in [0.2, 0.25) is 0 Å². The third-order valence-corrected chi connectivity index (χ3v) is 3.43. The van der Waals surface area contributed by atoms with Gasteiger partial charge in [-0.1, -0.05) is 0 Å². The van der Waals surface area contributed by atoms with Gasteiger partial charge in [0.05, 0.1) is 17.8 Å². The second-order valence-corrected chi connectivity index (χ2v) is 5.47. The zero-order valence-electron chi connectivity index (χ0n) is 9.64. The Hall–Kier alpha value is -1.17. The fourth-order valence-electron chi connectivity index (χ4n) is 1.52. The molecule has 2 rings (SSSR count). The van der Waals surface area contributed by atoms with E-state index in [1.54, 1.807) is 6.20 Å². The van der Waals surface area contributed by atoms with E-state index in [-0.39, 0.29) is 5.60 Å². The van der Waals surface area contributed by atoms with Gasteiger partial charge in [0.15, 0.2) is 0 Å². The molecule has 2 heterocycles.